The summed E-state index contributed by atoms with van der Waals surface area (Å²) in [5.74, 6) is 0.715. The van der Waals surface area contributed by atoms with E-state index in [0.29, 0.717) is 17.7 Å². The van der Waals surface area contributed by atoms with Crippen LogP contribution in [0.25, 0.3) is 0 Å². The monoisotopic (exact) mass is 318 g/mol. The van der Waals surface area contributed by atoms with Gasteiger partial charge in [0.2, 0.25) is 7.37 Å². The predicted molar refractivity (Wildman–Crippen MR) is 91.4 cm³/mol. The highest BCUT2D eigenvalue weighted by Gasteiger charge is 2.26. The lowest BCUT2D eigenvalue weighted by molar-refractivity contribution is 0.302. The summed E-state index contributed by atoms with van der Waals surface area (Å²) in [6, 6.07) is 11.8. The molecule has 118 valence electrons. The zero-order chi connectivity index (χ0) is 16.3. The van der Waals surface area contributed by atoms with E-state index in [9.17, 15) is 9.46 Å². The Labute approximate surface area is 132 Å². The molecule has 22 heavy (non-hydrogen) atoms. The maximum atomic E-state index is 12.5. The molecule has 0 fully saturated rings. The number of hydrogen-bond acceptors (Lipinski definition) is 2. The zero-order valence-corrected chi connectivity index (χ0v) is 14.5. The molecular weight excluding hydrogens is 295 g/mol. The Morgan fingerprint density at radius 3 is 2.32 bits per heavy atom. The summed E-state index contributed by atoms with van der Waals surface area (Å²) in [7, 11) is -3.32. The summed E-state index contributed by atoms with van der Waals surface area (Å²) in [5, 5.41) is 0.545. The fourth-order valence-corrected chi connectivity index (χ4v) is 4.36. The van der Waals surface area contributed by atoms with Crippen molar-refractivity contribution >= 4 is 12.7 Å². The molecular formula is C18H23O3P. The molecule has 2 aromatic rings. The van der Waals surface area contributed by atoms with Gasteiger partial charge in [-0.3, -0.25) is 4.57 Å². The molecule has 0 saturated heterocycles. The van der Waals surface area contributed by atoms with Crippen LogP contribution in [-0.4, -0.2) is 11.1 Å². The van der Waals surface area contributed by atoms with Crippen LogP contribution in [0.15, 0.2) is 36.4 Å². The summed E-state index contributed by atoms with van der Waals surface area (Å²) in [4.78, 5) is 10.3. The maximum Gasteiger partial charge on any atom is 0.230 e. The molecule has 3 nitrogen and oxygen atoms in total. The van der Waals surface area contributed by atoms with E-state index in [4.69, 9.17) is 4.74 Å². The van der Waals surface area contributed by atoms with Crippen molar-refractivity contribution < 1.29 is 14.2 Å². The molecule has 0 spiro atoms. The minimum absolute atomic E-state index is 0.232. The van der Waals surface area contributed by atoms with E-state index in [1.165, 1.54) is 0 Å². The van der Waals surface area contributed by atoms with Crippen LogP contribution in [0.3, 0.4) is 0 Å². The van der Waals surface area contributed by atoms with E-state index in [1.54, 1.807) is 6.92 Å². The van der Waals surface area contributed by atoms with Gasteiger partial charge in [0, 0.05) is 17.0 Å². The molecule has 0 aliphatic heterocycles. The van der Waals surface area contributed by atoms with Gasteiger partial charge in [-0.2, -0.15) is 0 Å². The van der Waals surface area contributed by atoms with Crippen LogP contribution in [-0.2, 0) is 11.2 Å². The molecule has 0 radical (unpaired) electrons. The molecule has 0 aliphatic rings. The van der Waals surface area contributed by atoms with E-state index in [1.807, 2.05) is 57.2 Å². The molecule has 2 rings (SSSR count). The lowest BCUT2D eigenvalue weighted by atomic mass is 10.1. The van der Waals surface area contributed by atoms with Gasteiger partial charge in [0.25, 0.3) is 0 Å². The van der Waals surface area contributed by atoms with Crippen molar-refractivity contribution in [1.29, 1.82) is 0 Å². The van der Waals surface area contributed by atoms with Gasteiger partial charge in [0.1, 0.15) is 12.4 Å². The van der Waals surface area contributed by atoms with Gasteiger partial charge >= 0.3 is 0 Å². The molecule has 1 atom stereocenters. The second-order valence-electron chi connectivity index (χ2n) is 5.61. The molecule has 1 N–H and O–H groups in total. The number of ether oxygens (including phenoxy) is 1. The molecule has 0 saturated carbocycles. The summed E-state index contributed by atoms with van der Waals surface area (Å²) in [5.41, 5.74) is 3.70. The first kappa shape index (κ1) is 16.8. The van der Waals surface area contributed by atoms with Crippen LogP contribution >= 0.6 is 7.37 Å². The Balaban J connectivity index is 2.40. The van der Waals surface area contributed by atoms with E-state index >= 15 is 0 Å². The van der Waals surface area contributed by atoms with Crippen LogP contribution in [0.5, 0.6) is 5.75 Å². The van der Waals surface area contributed by atoms with Crippen LogP contribution in [0.1, 0.15) is 29.2 Å². The average molecular weight is 318 g/mol. The number of rotatable bonds is 5. The van der Waals surface area contributed by atoms with E-state index < -0.39 is 7.37 Å². The second kappa shape index (κ2) is 6.68. The molecule has 0 heterocycles. The van der Waals surface area contributed by atoms with Gasteiger partial charge in [0.05, 0.1) is 0 Å². The third-order valence-corrected chi connectivity index (χ3v) is 6.11. The summed E-state index contributed by atoms with van der Waals surface area (Å²) in [6.45, 7) is 7.91. The third kappa shape index (κ3) is 3.43. The molecule has 0 amide bonds. The Bertz CT molecular complexity index is 708. The van der Waals surface area contributed by atoms with Gasteiger partial charge in [0.15, 0.2) is 0 Å². The number of aryl methyl sites for hydroxylation is 2. The van der Waals surface area contributed by atoms with E-state index in [2.05, 4.69) is 0 Å². The second-order valence-corrected chi connectivity index (χ2v) is 8.09. The highest BCUT2D eigenvalue weighted by molar-refractivity contribution is 7.66. The van der Waals surface area contributed by atoms with Crippen molar-refractivity contribution in [2.24, 2.45) is 0 Å². The Morgan fingerprint density at radius 1 is 1.09 bits per heavy atom. The van der Waals surface area contributed by atoms with Crippen molar-refractivity contribution in [2.75, 3.05) is 6.16 Å². The topological polar surface area (TPSA) is 46.5 Å². The molecule has 1 unspecified atom stereocenters. The molecule has 2 aromatic carbocycles. The van der Waals surface area contributed by atoms with Gasteiger partial charge < -0.3 is 9.63 Å². The number of benzene rings is 2. The predicted octanol–water partition coefficient (Wildman–Crippen LogP) is 4.11. The van der Waals surface area contributed by atoms with Crippen molar-refractivity contribution in [3.05, 3.63) is 58.7 Å². The normalized spacial score (nSPS) is 13.7. The Morgan fingerprint density at radius 2 is 1.73 bits per heavy atom. The van der Waals surface area contributed by atoms with E-state index in [0.717, 1.165) is 22.3 Å². The first-order chi connectivity index (χ1) is 10.4. The molecule has 0 bridgehead atoms. The van der Waals surface area contributed by atoms with Gasteiger partial charge in [-0.15, -0.1) is 0 Å². The number of hydrogen-bond donors (Lipinski definition) is 1. The van der Waals surface area contributed by atoms with Crippen LogP contribution in [0, 0.1) is 20.8 Å². The van der Waals surface area contributed by atoms with Crippen LogP contribution in [0.4, 0.5) is 0 Å². The quantitative estimate of drug-likeness (QED) is 0.844. The average Bonchev–Trinajstić information content (AvgIpc) is 2.47. The van der Waals surface area contributed by atoms with E-state index in [-0.39, 0.29) is 6.16 Å². The maximum absolute atomic E-state index is 12.5. The highest BCUT2D eigenvalue weighted by Crippen LogP contribution is 2.43. The highest BCUT2D eigenvalue weighted by atomic mass is 31.2. The first-order valence-electron chi connectivity index (χ1n) is 7.46. The zero-order valence-electron chi connectivity index (χ0n) is 13.6. The smallest absolute Gasteiger partial charge is 0.230 e. The standard InChI is InChI=1S/C18H23O3P/c1-5-22(19,20)18-14(3)11-13(2)17(15(18)4)21-12-16-9-7-6-8-10-16/h6-11H,5,12H2,1-4H3,(H,19,20). The minimum atomic E-state index is -3.32. The summed E-state index contributed by atoms with van der Waals surface area (Å²) >= 11 is 0. The largest absolute Gasteiger partial charge is 0.488 e. The Kier molecular flexibility index (Phi) is 5.10. The molecule has 4 heteroatoms. The SMILES string of the molecule is CCP(=O)(O)c1c(C)cc(C)c(OCc2ccccc2)c1C. The molecule has 0 aliphatic carbocycles. The van der Waals surface area contributed by atoms with Crippen molar-refractivity contribution in [2.45, 2.75) is 34.3 Å². The molecule has 0 aromatic heterocycles. The van der Waals surface area contributed by atoms with Gasteiger partial charge in [-0.05, 0) is 37.5 Å². The fourth-order valence-electron chi connectivity index (χ4n) is 2.81. The van der Waals surface area contributed by atoms with Crippen molar-refractivity contribution in [1.82, 2.24) is 0 Å². The van der Waals surface area contributed by atoms with Crippen LogP contribution in [0.2, 0.25) is 0 Å². The minimum Gasteiger partial charge on any atom is -0.488 e. The lowest BCUT2D eigenvalue weighted by Gasteiger charge is -2.20. The third-order valence-electron chi connectivity index (χ3n) is 3.86. The van der Waals surface area contributed by atoms with Crippen molar-refractivity contribution in [3.8, 4) is 5.75 Å². The summed E-state index contributed by atoms with van der Waals surface area (Å²) < 4.78 is 18.4. The fraction of sp³-hybridized carbons (Fsp3) is 0.333. The lowest BCUT2D eigenvalue weighted by Crippen LogP contribution is -2.16. The first-order valence-corrected chi connectivity index (χ1v) is 9.31. The van der Waals surface area contributed by atoms with Crippen LogP contribution < -0.4 is 10.0 Å². The van der Waals surface area contributed by atoms with Crippen molar-refractivity contribution in [3.63, 3.8) is 0 Å². The van der Waals surface area contributed by atoms with Gasteiger partial charge in [-0.1, -0.05) is 43.3 Å². The Hall–Kier alpha value is -1.57. The summed E-state index contributed by atoms with van der Waals surface area (Å²) in [6.07, 6.45) is 0.232. The van der Waals surface area contributed by atoms with Gasteiger partial charge in [-0.25, -0.2) is 0 Å².